The number of anilines is 1. The lowest BCUT2D eigenvalue weighted by Gasteiger charge is -2.33. The SMILES string of the molecule is CCOC(=O)N1CCC(NC(C)c2cccc(N3CCCC3)c2)CC1. The average Bonchev–Trinajstić information content (AvgIpc) is 3.17. The van der Waals surface area contributed by atoms with Gasteiger partial charge in [0.15, 0.2) is 0 Å². The van der Waals surface area contributed by atoms with Crippen LogP contribution in [0.4, 0.5) is 10.5 Å². The third kappa shape index (κ3) is 4.66. The molecule has 5 heteroatoms. The third-order valence-corrected chi connectivity index (χ3v) is 5.35. The molecule has 138 valence electrons. The Kier molecular flexibility index (Phi) is 6.19. The van der Waals surface area contributed by atoms with E-state index >= 15 is 0 Å². The van der Waals surface area contributed by atoms with Gasteiger partial charge in [-0.2, -0.15) is 0 Å². The van der Waals surface area contributed by atoms with Crippen LogP contribution in [-0.2, 0) is 4.74 Å². The smallest absolute Gasteiger partial charge is 0.409 e. The molecule has 0 bridgehead atoms. The highest BCUT2D eigenvalue weighted by atomic mass is 16.6. The van der Waals surface area contributed by atoms with Crippen LogP contribution in [0.3, 0.4) is 0 Å². The van der Waals surface area contributed by atoms with Gasteiger partial charge in [0.1, 0.15) is 0 Å². The van der Waals surface area contributed by atoms with Crippen LogP contribution in [0.2, 0.25) is 0 Å². The second-order valence-corrected chi connectivity index (χ2v) is 7.14. The van der Waals surface area contributed by atoms with Crippen molar-refractivity contribution in [2.75, 3.05) is 37.7 Å². The van der Waals surface area contributed by atoms with E-state index < -0.39 is 0 Å². The maximum atomic E-state index is 11.8. The van der Waals surface area contributed by atoms with Gasteiger partial charge in [-0.25, -0.2) is 4.79 Å². The number of carbonyl (C=O) groups excluding carboxylic acids is 1. The lowest BCUT2D eigenvalue weighted by molar-refractivity contribution is 0.0944. The molecule has 1 aromatic carbocycles. The van der Waals surface area contributed by atoms with E-state index in [1.54, 1.807) is 0 Å². The molecule has 1 unspecified atom stereocenters. The van der Waals surface area contributed by atoms with Crippen molar-refractivity contribution in [1.82, 2.24) is 10.2 Å². The van der Waals surface area contributed by atoms with E-state index in [2.05, 4.69) is 41.4 Å². The predicted molar refractivity (Wildman–Crippen MR) is 101 cm³/mol. The van der Waals surface area contributed by atoms with Gasteiger partial charge in [0.05, 0.1) is 6.61 Å². The zero-order valence-electron chi connectivity index (χ0n) is 15.5. The number of likely N-dealkylation sites (tertiary alicyclic amines) is 1. The molecule has 25 heavy (non-hydrogen) atoms. The van der Waals surface area contributed by atoms with Crippen LogP contribution in [0.15, 0.2) is 24.3 Å². The zero-order chi connectivity index (χ0) is 17.6. The number of rotatable bonds is 5. The van der Waals surface area contributed by atoms with Crippen LogP contribution in [0.1, 0.15) is 51.1 Å². The molecule has 3 rings (SSSR count). The molecule has 2 saturated heterocycles. The molecule has 2 fully saturated rings. The molecule has 0 spiro atoms. The van der Waals surface area contributed by atoms with Gasteiger partial charge in [0, 0.05) is 44.0 Å². The second kappa shape index (κ2) is 8.56. The summed E-state index contributed by atoms with van der Waals surface area (Å²) in [5.74, 6) is 0. The van der Waals surface area contributed by atoms with Crippen LogP contribution >= 0.6 is 0 Å². The first-order valence-corrected chi connectivity index (χ1v) is 9.70. The van der Waals surface area contributed by atoms with Gasteiger partial charge in [0.2, 0.25) is 0 Å². The maximum Gasteiger partial charge on any atom is 0.409 e. The molecular weight excluding hydrogens is 314 g/mol. The summed E-state index contributed by atoms with van der Waals surface area (Å²) in [6.45, 7) is 8.44. The van der Waals surface area contributed by atoms with E-state index in [1.165, 1.54) is 37.2 Å². The van der Waals surface area contributed by atoms with Crippen LogP contribution in [-0.4, -0.2) is 49.8 Å². The number of hydrogen-bond donors (Lipinski definition) is 1. The average molecular weight is 345 g/mol. The van der Waals surface area contributed by atoms with Gasteiger partial charge in [0.25, 0.3) is 0 Å². The topological polar surface area (TPSA) is 44.8 Å². The van der Waals surface area contributed by atoms with Gasteiger partial charge in [-0.1, -0.05) is 12.1 Å². The van der Waals surface area contributed by atoms with Crippen LogP contribution in [0, 0.1) is 0 Å². The summed E-state index contributed by atoms with van der Waals surface area (Å²) >= 11 is 0. The van der Waals surface area contributed by atoms with Crippen molar-refractivity contribution < 1.29 is 9.53 Å². The number of benzene rings is 1. The van der Waals surface area contributed by atoms with Crippen LogP contribution in [0.5, 0.6) is 0 Å². The molecule has 0 aliphatic carbocycles. The highest BCUT2D eigenvalue weighted by Gasteiger charge is 2.24. The Bertz CT molecular complexity index is 564. The van der Waals surface area contributed by atoms with Gasteiger partial charge >= 0.3 is 6.09 Å². The molecule has 0 radical (unpaired) electrons. The van der Waals surface area contributed by atoms with Crippen molar-refractivity contribution in [3.63, 3.8) is 0 Å². The van der Waals surface area contributed by atoms with Crippen molar-refractivity contribution in [3.05, 3.63) is 29.8 Å². The number of amides is 1. The summed E-state index contributed by atoms with van der Waals surface area (Å²) in [5.41, 5.74) is 2.69. The molecule has 0 saturated carbocycles. The molecule has 1 amide bonds. The number of hydrogen-bond acceptors (Lipinski definition) is 4. The highest BCUT2D eigenvalue weighted by molar-refractivity contribution is 5.67. The second-order valence-electron chi connectivity index (χ2n) is 7.14. The van der Waals surface area contributed by atoms with E-state index in [0.29, 0.717) is 18.7 Å². The molecular formula is C20H31N3O2. The fraction of sp³-hybridized carbons (Fsp3) is 0.650. The number of piperidine rings is 1. The van der Waals surface area contributed by atoms with E-state index in [1.807, 2.05) is 11.8 Å². The van der Waals surface area contributed by atoms with Crippen molar-refractivity contribution in [2.24, 2.45) is 0 Å². The first-order valence-electron chi connectivity index (χ1n) is 9.70. The standard InChI is InChI=1S/C20H31N3O2/c1-3-25-20(24)23-13-9-18(10-14-23)21-16(2)17-7-6-8-19(15-17)22-11-4-5-12-22/h6-8,15-16,18,21H,3-5,9-14H2,1-2H3. The Morgan fingerprint density at radius 3 is 2.64 bits per heavy atom. The van der Waals surface area contributed by atoms with Crippen molar-refractivity contribution in [2.45, 2.75) is 51.6 Å². The lowest BCUT2D eigenvalue weighted by atomic mass is 10.0. The lowest BCUT2D eigenvalue weighted by Crippen LogP contribution is -2.45. The fourth-order valence-electron chi connectivity index (χ4n) is 3.86. The van der Waals surface area contributed by atoms with E-state index in [9.17, 15) is 4.79 Å². The van der Waals surface area contributed by atoms with E-state index in [-0.39, 0.29) is 6.09 Å². The predicted octanol–water partition coefficient (Wildman–Crippen LogP) is 3.56. The largest absolute Gasteiger partial charge is 0.450 e. The first kappa shape index (κ1) is 18.1. The number of carbonyl (C=O) groups is 1. The van der Waals surface area contributed by atoms with Gasteiger partial charge < -0.3 is 19.9 Å². The number of nitrogens with zero attached hydrogens (tertiary/aromatic N) is 2. The quantitative estimate of drug-likeness (QED) is 0.886. The Labute approximate surface area is 151 Å². The molecule has 1 N–H and O–H groups in total. The summed E-state index contributed by atoms with van der Waals surface area (Å²) in [4.78, 5) is 16.1. The zero-order valence-corrected chi connectivity index (χ0v) is 15.5. The molecule has 1 aromatic rings. The van der Waals surface area contributed by atoms with Gasteiger partial charge in [-0.15, -0.1) is 0 Å². The minimum Gasteiger partial charge on any atom is -0.450 e. The van der Waals surface area contributed by atoms with Crippen LogP contribution in [0.25, 0.3) is 0 Å². The Balaban J connectivity index is 1.52. The molecule has 1 atom stereocenters. The summed E-state index contributed by atoms with van der Waals surface area (Å²) < 4.78 is 5.09. The van der Waals surface area contributed by atoms with E-state index in [0.717, 1.165) is 25.9 Å². The monoisotopic (exact) mass is 345 g/mol. The summed E-state index contributed by atoms with van der Waals surface area (Å²) in [6.07, 6.45) is 4.39. The van der Waals surface area contributed by atoms with Crippen molar-refractivity contribution >= 4 is 11.8 Å². The Hall–Kier alpha value is -1.75. The van der Waals surface area contributed by atoms with Gasteiger partial charge in [-0.3, -0.25) is 0 Å². The van der Waals surface area contributed by atoms with Gasteiger partial charge in [-0.05, 0) is 57.2 Å². The van der Waals surface area contributed by atoms with Crippen molar-refractivity contribution in [3.8, 4) is 0 Å². The summed E-state index contributed by atoms with van der Waals surface area (Å²) in [5, 5.41) is 3.75. The summed E-state index contributed by atoms with van der Waals surface area (Å²) in [7, 11) is 0. The maximum absolute atomic E-state index is 11.8. The minimum atomic E-state index is -0.174. The highest BCUT2D eigenvalue weighted by Crippen LogP contribution is 2.25. The van der Waals surface area contributed by atoms with E-state index in [4.69, 9.17) is 4.74 Å². The molecule has 2 heterocycles. The first-order chi connectivity index (χ1) is 12.2. The number of nitrogens with one attached hydrogen (secondary N) is 1. The summed E-state index contributed by atoms with van der Waals surface area (Å²) in [6, 6.07) is 9.71. The fourth-order valence-corrected chi connectivity index (χ4v) is 3.86. The van der Waals surface area contributed by atoms with Crippen molar-refractivity contribution in [1.29, 1.82) is 0 Å². The van der Waals surface area contributed by atoms with Crippen LogP contribution < -0.4 is 10.2 Å². The third-order valence-electron chi connectivity index (χ3n) is 5.35. The number of ether oxygens (including phenoxy) is 1. The Morgan fingerprint density at radius 1 is 1.24 bits per heavy atom. The molecule has 5 nitrogen and oxygen atoms in total. The minimum absolute atomic E-state index is 0.174. The molecule has 0 aromatic heterocycles. The molecule has 2 aliphatic rings. The Morgan fingerprint density at radius 2 is 1.96 bits per heavy atom. The molecule has 2 aliphatic heterocycles. The normalized spacial score (nSPS) is 19.9.